The van der Waals surface area contributed by atoms with Crippen LogP contribution in [0.2, 0.25) is 0 Å². The highest BCUT2D eigenvalue weighted by Gasteiger charge is 2.09. The molecule has 0 bridgehead atoms. The van der Waals surface area contributed by atoms with Crippen LogP contribution in [0, 0.1) is 11.7 Å². The molecule has 0 aliphatic heterocycles. The molecule has 27 heavy (non-hydrogen) atoms. The van der Waals surface area contributed by atoms with E-state index >= 15 is 0 Å². The number of amides is 1. The summed E-state index contributed by atoms with van der Waals surface area (Å²) in [5.41, 5.74) is 2.73. The van der Waals surface area contributed by atoms with Gasteiger partial charge in [-0.05, 0) is 35.4 Å². The fourth-order valence-corrected chi connectivity index (χ4v) is 2.54. The summed E-state index contributed by atoms with van der Waals surface area (Å²) in [6, 6.07) is 14.2. The van der Waals surface area contributed by atoms with Gasteiger partial charge in [0.2, 0.25) is 5.91 Å². The third kappa shape index (κ3) is 6.40. The van der Waals surface area contributed by atoms with Gasteiger partial charge in [0, 0.05) is 38.8 Å². The Morgan fingerprint density at radius 1 is 1.15 bits per heavy atom. The van der Waals surface area contributed by atoms with E-state index in [1.807, 2.05) is 56.1 Å². The van der Waals surface area contributed by atoms with Gasteiger partial charge in [0.25, 0.3) is 0 Å². The Kier molecular flexibility index (Phi) is 7.34. The number of aliphatic imine (C=N–C) groups is 1. The van der Waals surface area contributed by atoms with Gasteiger partial charge in [-0.25, -0.2) is 4.39 Å². The molecule has 0 heterocycles. The average molecular weight is 370 g/mol. The van der Waals surface area contributed by atoms with E-state index in [9.17, 15) is 9.18 Å². The quantitative estimate of drug-likeness (QED) is 0.603. The molecule has 0 saturated carbocycles. The first-order valence-corrected chi connectivity index (χ1v) is 8.95. The van der Waals surface area contributed by atoms with Crippen molar-refractivity contribution in [3.8, 4) is 0 Å². The zero-order valence-electron chi connectivity index (χ0n) is 16.3. The molecule has 6 heteroatoms. The monoisotopic (exact) mass is 370 g/mol. The number of anilines is 1. The smallest absolute Gasteiger partial charge is 0.226 e. The number of guanidine groups is 1. The van der Waals surface area contributed by atoms with Crippen molar-refractivity contribution in [3.05, 3.63) is 65.5 Å². The topological polar surface area (TPSA) is 56.7 Å². The van der Waals surface area contributed by atoms with E-state index in [2.05, 4.69) is 15.6 Å². The lowest BCUT2D eigenvalue weighted by Gasteiger charge is -2.22. The van der Waals surface area contributed by atoms with Crippen LogP contribution in [0.25, 0.3) is 0 Å². The third-order valence-corrected chi connectivity index (χ3v) is 4.08. The molecule has 0 radical (unpaired) electrons. The highest BCUT2D eigenvalue weighted by molar-refractivity contribution is 5.92. The van der Waals surface area contributed by atoms with Crippen LogP contribution < -0.4 is 10.6 Å². The van der Waals surface area contributed by atoms with Crippen molar-refractivity contribution >= 4 is 17.6 Å². The second-order valence-electron chi connectivity index (χ2n) is 6.73. The first-order valence-electron chi connectivity index (χ1n) is 8.95. The lowest BCUT2D eigenvalue weighted by Crippen LogP contribution is -2.38. The van der Waals surface area contributed by atoms with Gasteiger partial charge in [0.05, 0.1) is 0 Å². The maximum absolute atomic E-state index is 13.3. The molecule has 0 unspecified atom stereocenters. The zero-order chi connectivity index (χ0) is 19.8. The van der Waals surface area contributed by atoms with Gasteiger partial charge in [-0.3, -0.25) is 9.79 Å². The molecule has 2 aromatic carbocycles. The molecule has 0 aromatic heterocycles. The lowest BCUT2D eigenvalue weighted by atomic mass is 10.1. The Hall–Kier alpha value is -2.89. The summed E-state index contributed by atoms with van der Waals surface area (Å²) in [5, 5.41) is 6.17. The number of hydrogen-bond acceptors (Lipinski definition) is 2. The molecule has 0 fully saturated rings. The number of nitrogens with zero attached hydrogens (tertiary/aromatic N) is 2. The Balaban J connectivity index is 1.90. The molecule has 2 aromatic rings. The maximum Gasteiger partial charge on any atom is 0.226 e. The zero-order valence-corrected chi connectivity index (χ0v) is 16.3. The molecule has 144 valence electrons. The van der Waals surface area contributed by atoms with Crippen LogP contribution >= 0.6 is 0 Å². The Morgan fingerprint density at radius 3 is 2.44 bits per heavy atom. The Bertz CT molecular complexity index is 787. The highest BCUT2D eigenvalue weighted by Crippen LogP contribution is 2.11. The van der Waals surface area contributed by atoms with Crippen LogP contribution in [0.15, 0.2) is 53.5 Å². The van der Waals surface area contributed by atoms with E-state index in [0.29, 0.717) is 13.1 Å². The minimum atomic E-state index is -0.242. The minimum absolute atomic E-state index is 0.000232. The van der Waals surface area contributed by atoms with Gasteiger partial charge in [0.15, 0.2) is 5.96 Å². The van der Waals surface area contributed by atoms with Crippen molar-refractivity contribution in [1.29, 1.82) is 0 Å². The molecule has 5 nitrogen and oxygen atoms in total. The number of hydrogen-bond donors (Lipinski definition) is 2. The molecule has 0 aliphatic carbocycles. The summed E-state index contributed by atoms with van der Waals surface area (Å²) in [6.07, 6.45) is 0. The van der Waals surface area contributed by atoms with E-state index < -0.39 is 0 Å². The normalized spacial score (nSPS) is 11.4. The standard InChI is InChI=1S/C21H27FN4O/c1-15(2)20(27)25-19-10-8-16(9-11-19)13-24-21(23-3)26(4)14-17-6-5-7-18(22)12-17/h5-12,15H,13-14H2,1-4H3,(H,23,24)(H,25,27). The van der Waals surface area contributed by atoms with Gasteiger partial charge < -0.3 is 15.5 Å². The van der Waals surface area contributed by atoms with Gasteiger partial charge in [0.1, 0.15) is 5.82 Å². The molecule has 0 spiro atoms. The van der Waals surface area contributed by atoms with Crippen LogP contribution in [-0.2, 0) is 17.9 Å². The van der Waals surface area contributed by atoms with Crippen molar-refractivity contribution in [2.75, 3.05) is 19.4 Å². The van der Waals surface area contributed by atoms with Crippen LogP contribution in [0.3, 0.4) is 0 Å². The van der Waals surface area contributed by atoms with Gasteiger partial charge in [-0.15, -0.1) is 0 Å². The van der Waals surface area contributed by atoms with Crippen molar-refractivity contribution in [2.24, 2.45) is 10.9 Å². The first-order chi connectivity index (χ1) is 12.9. The van der Waals surface area contributed by atoms with Gasteiger partial charge in [-0.1, -0.05) is 38.1 Å². The number of nitrogens with one attached hydrogen (secondary N) is 2. The predicted molar refractivity (Wildman–Crippen MR) is 108 cm³/mol. The summed E-state index contributed by atoms with van der Waals surface area (Å²) in [6.45, 7) is 4.87. The molecule has 2 rings (SSSR count). The maximum atomic E-state index is 13.3. The molecule has 0 aliphatic rings. The van der Waals surface area contributed by atoms with Crippen molar-refractivity contribution in [2.45, 2.75) is 26.9 Å². The van der Waals surface area contributed by atoms with E-state index in [0.717, 1.165) is 22.8 Å². The van der Waals surface area contributed by atoms with Crippen LogP contribution in [0.5, 0.6) is 0 Å². The first kappa shape index (κ1) is 20.4. The summed E-state index contributed by atoms with van der Waals surface area (Å²) in [5.74, 6) is 0.425. The fourth-order valence-electron chi connectivity index (χ4n) is 2.54. The van der Waals surface area contributed by atoms with Crippen molar-refractivity contribution < 1.29 is 9.18 Å². The molecule has 1 amide bonds. The lowest BCUT2D eigenvalue weighted by molar-refractivity contribution is -0.118. The van der Waals surface area contributed by atoms with Crippen LogP contribution in [0.4, 0.5) is 10.1 Å². The largest absolute Gasteiger partial charge is 0.352 e. The van der Waals surface area contributed by atoms with E-state index in [1.165, 1.54) is 12.1 Å². The van der Waals surface area contributed by atoms with E-state index in [1.54, 1.807) is 13.1 Å². The Morgan fingerprint density at radius 2 is 1.85 bits per heavy atom. The minimum Gasteiger partial charge on any atom is -0.352 e. The summed E-state index contributed by atoms with van der Waals surface area (Å²) in [4.78, 5) is 17.9. The number of carbonyl (C=O) groups is 1. The number of halogens is 1. The second kappa shape index (κ2) is 9.71. The second-order valence-corrected chi connectivity index (χ2v) is 6.73. The van der Waals surface area contributed by atoms with E-state index in [4.69, 9.17) is 0 Å². The van der Waals surface area contributed by atoms with Crippen LogP contribution in [-0.4, -0.2) is 30.9 Å². The van der Waals surface area contributed by atoms with Gasteiger partial charge >= 0.3 is 0 Å². The summed E-state index contributed by atoms with van der Waals surface area (Å²) < 4.78 is 13.3. The molecule has 0 saturated heterocycles. The van der Waals surface area contributed by atoms with E-state index in [-0.39, 0.29) is 17.6 Å². The highest BCUT2D eigenvalue weighted by atomic mass is 19.1. The molecule has 0 atom stereocenters. The summed E-state index contributed by atoms with van der Waals surface area (Å²) >= 11 is 0. The Labute approximate surface area is 160 Å². The molecular weight excluding hydrogens is 343 g/mol. The SMILES string of the molecule is CN=C(NCc1ccc(NC(=O)C(C)C)cc1)N(C)Cc1cccc(F)c1. The average Bonchev–Trinajstić information content (AvgIpc) is 2.63. The van der Waals surface area contributed by atoms with Crippen LogP contribution in [0.1, 0.15) is 25.0 Å². The molecule has 2 N–H and O–H groups in total. The number of benzene rings is 2. The van der Waals surface area contributed by atoms with Gasteiger partial charge in [-0.2, -0.15) is 0 Å². The number of rotatable bonds is 6. The van der Waals surface area contributed by atoms with Crippen molar-refractivity contribution in [3.63, 3.8) is 0 Å². The van der Waals surface area contributed by atoms with Crippen molar-refractivity contribution in [1.82, 2.24) is 10.2 Å². The number of carbonyl (C=O) groups excluding carboxylic acids is 1. The molecular formula is C21H27FN4O. The summed E-state index contributed by atoms with van der Waals surface area (Å²) in [7, 11) is 3.62. The predicted octanol–water partition coefficient (Wildman–Crippen LogP) is 3.63. The third-order valence-electron chi connectivity index (χ3n) is 4.08. The fraction of sp³-hybridized carbons (Fsp3) is 0.333.